The van der Waals surface area contributed by atoms with Gasteiger partial charge in [0, 0.05) is 10.8 Å². The van der Waals surface area contributed by atoms with Gasteiger partial charge in [0.2, 0.25) is 0 Å². The molecule has 2 nitrogen and oxygen atoms in total. The Morgan fingerprint density at radius 2 is 0.909 bits per heavy atom. The highest BCUT2D eigenvalue weighted by Crippen LogP contribution is 2.40. The summed E-state index contributed by atoms with van der Waals surface area (Å²) in [4.78, 5) is 0. The van der Waals surface area contributed by atoms with Crippen molar-refractivity contribution in [1.82, 2.24) is 0 Å². The van der Waals surface area contributed by atoms with Crippen LogP contribution in [0.4, 0.5) is 0 Å². The van der Waals surface area contributed by atoms with Gasteiger partial charge in [-0.25, -0.2) is 0 Å². The number of benzene rings is 2. The highest BCUT2D eigenvalue weighted by molar-refractivity contribution is 5.95. The summed E-state index contributed by atoms with van der Waals surface area (Å²) in [5.74, 6) is 1.82. The monoisotopic (exact) mass is 300 g/mol. The zero-order valence-electron chi connectivity index (χ0n) is 15.1. The van der Waals surface area contributed by atoms with Crippen molar-refractivity contribution < 1.29 is 9.47 Å². The van der Waals surface area contributed by atoms with Crippen LogP contribution in [-0.4, -0.2) is 14.2 Å². The lowest BCUT2D eigenvalue weighted by atomic mass is 9.82. The van der Waals surface area contributed by atoms with Crippen molar-refractivity contribution >= 4 is 10.8 Å². The van der Waals surface area contributed by atoms with Crippen LogP contribution in [0.25, 0.3) is 10.8 Å². The first-order valence-electron chi connectivity index (χ1n) is 7.78. The van der Waals surface area contributed by atoms with E-state index in [0.717, 1.165) is 22.3 Å². The number of ether oxygens (including phenoxy) is 2. The fraction of sp³-hybridized carbons (Fsp3) is 0.500. The first kappa shape index (κ1) is 16.7. The van der Waals surface area contributed by atoms with Gasteiger partial charge in [0.25, 0.3) is 0 Å². The van der Waals surface area contributed by atoms with Crippen LogP contribution in [0.5, 0.6) is 11.5 Å². The summed E-state index contributed by atoms with van der Waals surface area (Å²) >= 11 is 0. The minimum absolute atomic E-state index is 0.0647. The minimum atomic E-state index is 0.0647. The van der Waals surface area contributed by atoms with E-state index < -0.39 is 0 Å². The summed E-state index contributed by atoms with van der Waals surface area (Å²) in [6.45, 7) is 13.3. The van der Waals surface area contributed by atoms with Crippen molar-refractivity contribution in [3.8, 4) is 11.5 Å². The van der Waals surface area contributed by atoms with E-state index in [2.05, 4.69) is 65.8 Å². The number of hydrogen-bond donors (Lipinski definition) is 0. The SMILES string of the molecule is COc1cc(C(C)(C)C)cc2c(OC)cc(C(C)(C)C)cc12. The smallest absolute Gasteiger partial charge is 0.127 e. The summed E-state index contributed by atoms with van der Waals surface area (Å²) in [5.41, 5.74) is 2.63. The van der Waals surface area contributed by atoms with Gasteiger partial charge in [-0.05, 0) is 46.2 Å². The second-order valence-electron chi connectivity index (χ2n) is 7.95. The van der Waals surface area contributed by atoms with E-state index in [1.807, 2.05) is 0 Å². The van der Waals surface area contributed by atoms with Gasteiger partial charge in [-0.3, -0.25) is 0 Å². The fourth-order valence-electron chi connectivity index (χ4n) is 2.60. The van der Waals surface area contributed by atoms with E-state index >= 15 is 0 Å². The third kappa shape index (κ3) is 3.06. The average molecular weight is 300 g/mol. The average Bonchev–Trinajstić information content (AvgIpc) is 2.42. The normalized spacial score (nSPS) is 12.5. The van der Waals surface area contributed by atoms with Crippen LogP contribution >= 0.6 is 0 Å². The second kappa shape index (κ2) is 5.49. The van der Waals surface area contributed by atoms with Crippen LogP contribution < -0.4 is 9.47 Å². The number of rotatable bonds is 2. The zero-order chi connectivity index (χ0) is 16.7. The maximum atomic E-state index is 5.67. The van der Waals surface area contributed by atoms with E-state index in [-0.39, 0.29) is 10.8 Å². The molecule has 2 aromatic carbocycles. The van der Waals surface area contributed by atoms with Gasteiger partial charge in [-0.15, -0.1) is 0 Å². The third-order valence-electron chi connectivity index (χ3n) is 4.17. The van der Waals surface area contributed by atoms with Crippen LogP contribution in [0.15, 0.2) is 24.3 Å². The topological polar surface area (TPSA) is 18.5 Å². The lowest BCUT2D eigenvalue weighted by molar-refractivity contribution is 0.412. The van der Waals surface area contributed by atoms with E-state index in [4.69, 9.17) is 9.47 Å². The molecule has 0 N–H and O–H groups in total. The maximum absolute atomic E-state index is 5.67. The fourth-order valence-corrected chi connectivity index (χ4v) is 2.60. The second-order valence-corrected chi connectivity index (χ2v) is 7.95. The van der Waals surface area contributed by atoms with Crippen LogP contribution in [0.2, 0.25) is 0 Å². The molecule has 0 saturated heterocycles. The van der Waals surface area contributed by atoms with Crippen molar-refractivity contribution in [2.45, 2.75) is 52.4 Å². The highest BCUT2D eigenvalue weighted by atomic mass is 16.5. The Labute approximate surface area is 134 Å². The summed E-state index contributed by atoms with van der Waals surface area (Å²) in [6.07, 6.45) is 0. The largest absolute Gasteiger partial charge is 0.496 e. The Hall–Kier alpha value is -1.70. The maximum Gasteiger partial charge on any atom is 0.127 e. The van der Waals surface area contributed by atoms with E-state index in [9.17, 15) is 0 Å². The van der Waals surface area contributed by atoms with Gasteiger partial charge in [-0.2, -0.15) is 0 Å². The predicted octanol–water partition coefficient (Wildman–Crippen LogP) is 5.45. The van der Waals surface area contributed by atoms with Gasteiger partial charge in [0.15, 0.2) is 0 Å². The Morgan fingerprint density at radius 3 is 1.14 bits per heavy atom. The van der Waals surface area contributed by atoms with Gasteiger partial charge in [-0.1, -0.05) is 41.5 Å². The number of fused-ring (bicyclic) bond motifs is 1. The Bertz CT molecular complexity index is 624. The molecular weight excluding hydrogens is 272 g/mol. The first-order chi connectivity index (χ1) is 10.1. The van der Waals surface area contributed by atoms with Gasteiger partial charge in [0.1, 0.15) is 11.5 Å². The molecule has 0 saturated carbocycles. The molecule has 0 aromatic heterocycles. The number of hydrogen-bond acceptors (Lipinski definition) is 2. The van der Waals surface area contributed by atoms with Crippen LogP contribution in [-0.2, 0) is 10.8 Å². The Kier molecular flexibility index (Phi) is 4.16. The summed E-state index contributed by atoms with van der Waals surface area (Å²) in [5, 5.41) is 2.22. The zero-order valence-corrected chi connectivity index (χ0v) is 15.1. The van der Waals surface area contributed by atoms with E-state index in [0.29, 0.717) is 0 Å². The molecule has 0 fully saturated rings. The van der Waals surface area contributed by atoms with Gasteiger partial charge in [0.05, 0.1) is 14.2 Å². The molecule has 0 heterocycles. The minimum Gasteiger partial charge on any atom is -0.496 e. The van der Waals surface area contributed by atoms with Crippen molar-refractivity contribution in [3.63, 3.8) is 0 Å². The van der Waals surface area contributed by atoms with Crippen LogP contribution in [0.1, 0.15) is 52.7 Å². The quantitative estimate of drug-likeness (QED) is 0.734. The standard InChI is InChI=1S/C20H28O2/c1-19(2,3)13-9-15-16(17(11-13)21-7)10-14(20(4,5)6)12-18(15)22-8/h9-12H,1-8H3. The van der Waals surface area contributed by atoms with Crippen LogP contribution in [0.3, 0.4) is 0 Å². The molecule has 0 atom stereocenters. The number of methoxy groups -OCH3 is 2. The van der Waals surface area contributed by atoms with Crippen molar-refractivity contribution in [1.29, 1.82) is 0 Å². The van der Waals surface area contributed by atoms with E-state index in [1.54, 1.807) is 14.2 Å². The van der Waals surface area contributed by atoms with Gasteiger partial charge < -0.3 is 9.47 Å². The summed E-state index contributed by atoms with van der Waals surface area (Å²) < 4.78 is 11.3. The van der Waals surface area contributed by atoms with Crippen molar-refractivity contribution in [3.05, 3.63) is 35.4 Å². The Morgan fingerprint density at radius 1 is 0.591 bits per heavy atom. The third-order valence-corrected chi connectivity index (χ3v) is 4.17. The lowest BCUT2D eigenvalue weighted by Crippen LogP contribution is -2.13. The predicted molar refractivity (Wildman–Crippen MR) is 94.5 cm³/mol. The molecule has 2 rings (SSSR count). The molecule has 0 unspecified atom stereocenters. The molecule has 0 bridgehead atoms. The van der Waals surface area contributed by atoms with Crippen molar-refractivity contribution in [2.75, 3.05) is 14.2 Å². The molecule has 120 valence electrons. The first-order valence-corrected chi connectivity index (χ1v) is 7.78. The molecule has 22 heavy (non-hydrogen) atoms. The van der Waals surface area contributed by atoms with Crippen molar-refractivity contribution in [2.24, 2.45) is 0 Å². The Balaban J connectivity index is 2.86. The van der Waals surface area contributed by atoms with E-state index in [1.165, 1.54) is 11.1 Å². The summed E-state index contributed by atoms with van der Waals surface area (Å²) in [7, 11) is 3.47. The molecule has 0 spiro atoms. The lowest BCUT2D eigenvalue weighted by Gasteiger charge is -2.24. The highest BCUT2D eigenvalue weighted by Gasteiger charge is 2.21. The molecule has 2 aromatic rings. The molecule has 0 aliphatic carbocycles. The molecular formula is C20H28O2. The molecule has 0 aliphatic rings. The van der Waals surface area contributed by atoms with Gasteiger partial charge >= 0.3 is 0 Å². The molecule has 0 amide bonds. The molecule has 2 heteroatoms. The summed E-state index contributed by atoms with van der Waals surface area (Å²) in [6, 6.07) is 8.74. The van der Waals surface area contributed by atoms with Crippen LogP contribution in [0, 0.1) is 0 Å². The molecule has 0 radical (unpaired) electrons. The molecule has 0 aliphatic heterocycles.